The van der Waals surface area contributed by atoms with Gasteiger partial charge in [-0.25, -0.2) is 13.1 Å². The van der Waals surface area contributed by atoms with Gasteiger partial charge in [0.15, 0.2) is 0 Å². The Balaban J connectivity index is 0.853. The highest BCUT2D eigenvalue weighted by molar-refractivity contribution is 7.90. The third-order valence-electron chi connectivity index (χ3n) is 17.4. The van der Waals surface area contributed by atoms with Crippen LogP contribution in [0.5, 0.6) is 5.88 Å². The third kappa shape index (κ3) is 10.1. The van der Waals surface area contributed by atoms with Gasteiger partial charge >= 0.3 is 0 Å². The summed E-state index contributed by atoms with van der Waals surface area (Å²) in [6.07, 6.45) is 11.5. The Morgan fingerprint density at radius 2 is 1.68 bits per heavy atom. The molecular weight excluding hydrogens is 961 g/mol. The Labute approximate surface area is 433 Å². The molecule has 4 N–H and O–H groups in total. The third-order valence-corrected chi connectivity index (χ3v) is 18.7. The Morgan fingerprint density at radius 3 is 2.45 bits per heavy atom. The quantitative estimate of drug-likeness (QED) is 0.0679. The number of hydrogen-bond donors (Lipinski definition) is 4. The number of rotatable bonds is 12. The number of fused-ring (bicyclic) bond motifs is 3. The number of morpholine rings is 1. The van der Waals surface area contributed by atoms with Crippen LogP contribution in [0.1, 0.15) is 125 Å². The molecule has 1 spiro atoms. The number of aromatic nitrogens is 2. The van der Waals surface area contributed by atoms with Crippen molar-refractivity contribution in [3.05, 3.63) is 106 Å². The van der Waals surface area contributed by atoms with Crippen molar-refractivity contribution in [3.8, 4) is 5.88 Å². The maximum atomic E-state index is 14.7. The lowest BCUT2D eigenvalue weighted by molar-refractivity contribution is -0.384. The maximum absolute atomic E-state index is 14.7. The fourth-order valence-electron chi connectivity index (χ4n) is 13.0. The Hall–Kier alpha value is -5.79. The minimum atomic E-state index is -4.62. The molecule has 2 saturated carbocycles. The molecule has 0 radical (unpaired) electrons. The molecule has 5 aromatic rings. The van der Waals surface area contributed by atoms with Gasteiger partial charge in [0.25, 0.3) is 21.6 Å². The SMILES string of the molecule is CC(C)c1ccccc1[C@@H]1COCCN1C1CCC2(CC1)CCN(c1ccc(C(=O)NS(=O)(=O)c3ccc(NCC4CCC(C)(O)CC4)c([N+](=O)[O-])c3)c(N3c4cc5cc[nH]c5nc4O[C@H]4COCC[C@@H]43)c1)CC2. The molecule has 6 heterocycles. The largest absolute Gasteiger partial charge is 0.468 e. The van der Waals surface area contributed by atoms with E-state index in [-0.39, 0.29) is 34.7 Å². The molecule has 3 saturated heterocycles. The van der Waals surface area contributed by atoms with Crippen LogP contribution < -0.4 is 24.6 Å². The summed E-state index contributed by atoms with van der Waals surface area (Å²) in [6.45, 7) is 11.7. The molecule has 4 aliphatic heterocycles. The van der Waals surface area contributed by atoms with Crippen LogP contribution in [0.3, 0.4) is 0 Å². The average Bonchev–Trinajstić information content (AvgIpc) is 3.87. The smallest absolute Gasteiger partial charge is 0.293 e. The number of anilines is 4. The number of carbonyl (C=O) groups excluding carboxylic acids is 1. The summed E-state index contributed by atoms with van der Waals surface area (Å²) in [7, 11) is -4.62. The van der Waals surface area contributed by atoms with Crippen LogP contribution in [-0.2, 0) is 19.5 Å². The average molecular weight is 1030 g/mol. The molecule has 17 nitrogen and oxygen atoms in total. The number of ether oxygens (including phenoxy) is 3. The van der Waals surface area contributed by atoms with Crippen molar-refractivity contribution in [3.63, 3.8) is 0 Å². The summed E-state index contributed by atoms with van der Waals surface area (Å²) in [5, 5.41) is 26.8. The van der Waals surface area contributed by atoms with Crippen molar-refractivity contribution < 1.29 is 37.5 Å². The van der Waals surface area contributed by atoms with Gasteiger partial charge in [0.1, 0.15) is 23.1 Å². The number of sulfonamides is 1. The first-order valence-corrected chi connectivity index (χ1v) is 28.3. The van der Waals surface area contributed by atoms with E-state index >= 15 is 0 Å². The lowest BCUT2D eigenvalue weighted by Crippen LogP contribution is -2.53. The second-order valence-electron chi connectivity index (χ2n) is 22.4. The lowest BCUT2D eigenvalue weighted by Gasteiger charge is -2.50. The molecule has 5 fully saturated rings. The molecule has 18 heteroatoms. The topological polar surface area (TPSA) is 205 Å². The number of nitrogens with one attached hydrogen (secondary N) is 3. The van der Waals surface area contributed by atoms with Crippen molar-refractivity contribution in [2.24, 2.45) is 11.3 Å². The summed E-state index contributed by atoms with van der Waals surface area (Å²) in [6, 6.07) is 22.6. The van der Waals surface area contributed by atoms with Crippen LogP contribution >= 0.6 is 0 Å². The number of nitrogens with zero attached hydrogens (tertiary/aromatic N) is 5. The molecule has 3 aromatic carbocycles. The van der Waals surface area contributed by atoms with E-state index in [0.29, 0.717) is 73.9 Å². The molecule has 74 heavy (non-hydrogen) atoms. The Kier molecular flexibility index (Phi) is 13.9. The first-order chi connectivity index (χ1) is 35.6. The number of carbonyl (C=O) groups is 1. The van der Waals surface area contributed by atoms with Crippen LogP contribution in [0.25, 0.3) is 11.0 Å². The van der Waals surface area contributed by atoms with Gasteiger partial charge in [-0.05, 0) is 148 Å². The van der Waals surface area contributed by atoms with Crippen LogP contribution in [-0.4, -0.2) is 116 Å². The van der Waals surface area contributed by atoms with E-state index in [1.807, 2.05) is 37.4 Å². The normalized spacial score (nSPS) is 25.6. The fourth-order valence-corrected chi connectivity index (χ4v) is 14.0. The molecule has 11 rings (SSSR count). The highest BCUT2D eigenvalue weighted by Gasteiger charge is 2.44. The lowest BCUT2D eigenvalue weighted by atomic mass is 9.66. The van der Waals surface area contributed by atoms with Crippen molar-refractivity contribution in [1.29, 1.82) is 0 Å². The van der Waals surface area contributed by atoms with Crippen LogP contribution in [0.4, 0.5) is 28.4 Å². The minimum absolute atomic E-state index is 0.119. The van der Waals surface area contributed by atoms with Crippen LogP contribution in [0.2, 0.25) is 0 Å². The van der Waals surface area contributed by atoms with Crippen molar-refractivity contribution in [2.45, 2.75) is 132 Å². The Morgan fingerprint density at radius 1 is 0.905 bits per heavy atom. The summed E-state index contributed by atoms with van der Waals surface area (Å²) >= 11 is 0. The molecular formula is C56H70N8O9S. The van der Waals surface area contributed by atoms with Crippen molar-refractivity contribution >= 4 is 55.4 Å². The van der Waals surface area contributed by atoms with E-state index in [0.717, 1.165) is 88.5 Å². The van der Waals surface area contributed by atoms with Gasteiger partial charge in [-0.3, -0.25) is 19.8 Å². The number of nitro benzene ring substituents is 1. The van der Waals surface area contributed by atoms with Gasteiger partial charge in [-0.15, -0.1) is 0 Å². The van der Waals surface area contributed by atoms with E-state index in [4.69, 9.17) is 19.2 Å². The molecule has 0 bridgehead atoms. The van der Waals surface area contributed by atoms with Gasteiger partial charge in [-0.2, -0.15) is 4.98 Å². The fraction of sp³-hybridized carbons (Fsp3) is 0.536. The number of pyridine rings is 1. The van der Waals surface area contributed by atoms with Gasteiger partial charge in [0.2, 0.25) is 5.88 Å². The standard InChI is InChI=1S/C56H70N8O9S/c1-36(2)42-6-4-5-7-43(42)50-34-72-29-27-62(50)39-14-20-56(21-15-39)22-25-61(26-23-56)40-8-10-44(47(31-40)63-46-17-28-71-35-51(46)73-54-49(63)30-38-16-24-57-52(38)59-54)53(65)60-74(69,70)41-9-11-45(48(32-41)64(67)68)58-33-37-12-18-55(3,66)19-13-37/h4-11,16,24,30-32,36-37,39,46,50-51,58,66H,12-15,17-23,25-29,33-35H2,1-3H3,(H,57,59)(H,60,65)/t37?,46-,50-,51-,55?/m0/s1. The second kappa shape index (κ2) is 20.4. The number of aromatic amines is 1. The van der Waals surface area contributed by atoms with Crippen LogP contribution in [0.15, 0.2) is 83.9 Å². The van der Waals surface area contributed by atoms with Gasteiger partial charge in [-0.1, -0.05) is 38.1 Å². The summed E-state index contributed by atoms with van der Waals surface area (Å²) in [4.78, 5) is 41.4. The molecule has 6 aliphatic rings. The predicted octanol–water partition coefficient (Wildman–Crippen LogP) is 9.36. The number of amides is 1. The van der Waals surface area contributed by atoms with E-state index in [9.17, 15) is 28.4 Å². The first kappa shape index (κ1) is 50.4. The molecule has 394 valence electrons. The van der Waals surface area contributed by atoms with Crippen molar-refractivity contribution in [2.75, 3.05) is 67.7 Å². The van der Waals surface area contributed by atoms with Gasteiger partial charge in [0.05, 0.1) is 58.6 Å². The Bertz CT molecular complexity index is 2990. The monoisotopic (exact) mass is 1030 g/mol. The summed E-state index contributed by atoms with van der Waals surface area (Å²) < 4.78 is 49.3. The summed E-state index contributed by atoms with van der Waals surface area (Å²) in [5.74, 6) is 0.134. The molecule has 2 aliphatic carbocycles. The molecule has 3 atom stereocenters. The summed E-state index contributed by atoms with van der Waals surface area (Å²) in [5.41, 5.74) is 4.93. The van der Waals surface area contributed by atoms with E-state index < -0.39 is 43.1 Å². The van der Waals surface area contributed by atoms with E-state index in [2.05, 4.69) is 67.8 Å². The molecule has 0 unspecified atom stereocenters. The molecule has 2 aromatic heterocycles. The van der Waals surface area contributed by atoms with E-state index in [1.165, 1.54) is 36.1 Å². The van der Waals surface area contributed by atoms with Gasteiger partial charge < -0.3 is 39.4 Å². The van der Waals surface area contributed by atoms with Crippen molar-refractivity contribution in [1.82, 2.24) is 19.6 Å². The first-order valence-electron chi connectivity index (χ1n) is 26.8. The highest BCUT2D eigenvalue weighted by Crippen LogP contribution is 2.50. The highest BCUT2D eigenvalue weighted by atomic mass is 32.2. The zero-order valence-electron chi connectivity index (χ0n) is 42.8. The second-order valence-corrected chi connectivity index (χ2v) is 24.1. The number of nitro groups is 1. The predicted molar refractivity (Wildman–Crippen MR) is 284 cm³/mol. The zero-order valence-corrected chi connectivity index (χ0v) is 43.6. The number of hydrogen-bond acceptors (Lipinski definition) is 14. The number of H-pyrrole nitrogens is 1. The zero-order chi connectivity index (χ0) is 51.4. The van der Waals surface area contributed by atoms with E-state index in [1.54, 1.807) is 6.07 Å². The molecule has 1 amide bonds. The number of benzene rings is 3. The minimum Gasteiger partial charge on any atom is -0.468 e. The maximum Gasteiger partial charge on any atom is 0.293 e. The number of piperidine rings is 1. The number of aliphatic hydroxyl groups is 1. The van der Waals surface area contributed by atoms with Crippen LogP contribution in [0, 0.1) is 21.4 Å². The van der Waals surface area contributed by atoms with Gasteiger partial charge in [0, 0.05) is 62.2 Å².